The van der Waals surface area contributed by atoms with Gasteiger partial charge in [0.15, 0.2) is 18.9 Å². The van der Waals surface area contributed by atoms with Gasteiger partial charge in [-0.25, -0.2) is 0 Å². The molecule has 17 unspecified atom stereocenters. The molecule has 0 saturated carbocycles. The standard InChI is InChI=1S/C89H171NO18/c1-3-5-7-9-11-13-15-17-19-21-23-25-27-29-31-33-35-36-37-39-41-43-45-47-49-51-53-55-57-59-61-63-65-67-77(95)90-72(73(94)66-64-62-60-58-56-54-52-50-48-46-44-42-40-38-34-32-30-28-26-24-22-20-18-16-14-12-10-8-6-4-2)71-103-87-83(101)80(98)85(75(69-92)105-87)108-89-84(102)81(99)86(76(70-93)106-89)107-88-82(100)79(97)78(96)74(68-91)104-88/h21,23,72-76,78-89,91-94,96-102H,3-20,22,24-71H2,1-2H3,(H,90,95)/b23-21-. The van der Waals surface area contributed by atoms with Crippen molar-refractivity contribution in [3.8, 4) is 0 Å². The summed E-state index contributed by atoms with van der Waals surface area (Å²) in [6, 6.07) is -0.886. The maximum Gasteiger partial charge on any atom is 0.220 e. The summed E-state index contributed by atoms with van der Waals surface area (Å²) in [6.07, 6.45) is 59.0. The van der Waals surface area contributed by atoms with E-state index in [2.05, 4.69) is 31.3 Å². The second-order valence-corrected chi connectivity index (χ2v) is 33.1. The third-order valence-corrected chi connectivity index (χ3v) is 23.3. The van der Waals surface area contributed by atoms with Gasteiger partial charge in [0.2, 0.25) is 5.91 Å². The fourth-order valence-electron chi connectivity index (χ4n) is 16.0. The van der Waals surface area contributed by atoms with E-state index >= 15 is 0 Å². The molecule has 3 aliphatic rings. The van der Waals surface area contributed by atoms with Gasteiger partial charge >= 0.3 is 0 Å². The molecular weight excluding hydrogens is 1370 g/mol. The summed E-state index contributed by atoms with van der Waals surface area (Å²) < 4.78 is 34.6. The molecule has 19 nitrogen and oxygen atoms in total. The molecule has 3 fully saturated rings. The van der Waals surface area contributed by atoms with Gasteiger partial charge in [0.1, 0.15) is 73.2 Å². The molecule has 19 heteroatoms. The van der Waals surface area contributed by atoms with Gasteiger partial charge in [0.25, 0.3) is 0 Å². The van der Waals surface area contributed by atoms with E-state index < -0.39 is 124 Å². The maximum absolute atomic E-state index is 13.5. The fourth-order valence-corrected chi connectivity index (χ4v) is 16.0. The predicted molar refractivity (Wildman–Crippen MR) is 434 cm³/mol. The van der Waals surface area contributed by atoms with E-state index in [-0.39, 0.29) is 18.9 Å². The number of aliphatic hydroxyl groups excluding tert-OH is 11. The summed E-state index contributed by atoms with van der Waals surface area (Å²) in [5.74, 6) is -0.232. The number of rotatable bonds is 76. The molecule has 108 heavy (non-hydrogen) atoms. The van der Waals surface area contributed by atoms with Crippen LogP contribution in [-0.2, 0) is 33.2 Å². The average Bonchev–Trinajstić information content (AvgIpc) is 0.779. The van der Waals surface area contributed by atoms with Crippen molar-refractivity contribution in [1.82, 2.24) is 5.32 Å². The van der Waals surface area contributed by atoms with Gasteiger partial charge in [-0.2, -0.15) is 0 Å². The molecule has 1 amide bonds. The van der Waals surface area contributed by atoms with Crippen molar-refractivity contribution in [3.05, 3.63) is 12.2 Å². The number of ether oxygens (including phenoxy) is 6. The summed E-state index contributed by atoms with van der Waals surface area (Å²) in [7, 11) is 0. The monoisotopic (exact) mass is 1540 g/mol. The van der Waals surface area contributed by atoms with Gasteiger partial charge in [-0.3, -0.25) is 4.79 Å². The Kier molecular flexibility index (Phi) is 65.1. The van der Waals surface area contributed by atoms with Crippen LogP contribution in [0, 0.1) is 0 Å². The molecule has 0 aromatic rings. The lowest BCUT2D eigenvalue weighted by atomic mass is 9.96. The topological polar surface area (TPSA) is 307 Å². The van der Waals surface area contributed by atoms with E-state index in [1.807, 2.05) is 0 Å². The van der Waals surface area contributed by atoms with Gasteiger partial charge in [-0.05, 0) is 38.5 Å². The Morgan fingerprint density at radius 2 is 0.583 bits per heavy atom. The lowest BCUT2D eigenvalue weighted by Crippen LogP contribution is -2.66. The maximum atomic E-state index is 13.5. The number of nitrogens with one attached hydrogen (secondary N) is 1. The number of hydrogen-bond donors (Lipinski definition) is 12. The number of unbranched alkanes of at least 4 members (excludes halogenated alkanes) is 58. The first kappa shape index (κ1) is 101. The van der Waals surface area contributed by atoms with Crippen LogP contribution in [0.4, 0.5) is 0 Å². The number of carbonyl (C=O) groups is 1. The molecule has 640 valence electrons. The van der Waals surface area contributed by atoms with Crippen molar-refractivity contribution in [2.75, 3.05) is 26.4 Å². The first-order chi connectivity index (χ1) is 52.8. The smallest absolute Gasteiger partial charge is 0.220 e. The highest BCUT2D eigenvalue weighted by Crippen LogP contribution is 2.34. The summed E-state index contributed by atoms with van der Waals surface area (Å²) in [4.78, 5) is 13.5. The minimum atomic E-state index is -1.97. The largest absolute Gasteiger partial charge is 0.394 e. The summed E-state index contributed by atoms with van der Waals surface area (Å²) >= 11 is 0. The van der Waals surface area contributed by atoms with Gasteiger partial charge < -0.3 is 89.9 Å². The number of allylic oxidation sites excluding steroid dienone is 2. The Labute approximate surface area is 658 Å². The molecule has 3 aliphatic heterocycles. The van der Waals surface area contributed by atoms with Crippen LogP contribution < -0.4 is 5.32 Å². The van der Waals surface area contributed by atoms with Gasteiger partial charge in [-0.15, -0.1) is 0 Å². The second kappa shape index (κ2) is 69.8. The second-order valence-electron chi connectivity index (χ2n) is 33.1. The Hall–Kier alpha value is -1.47. The molecule has 0 radical (unpaired) electrons. The van der Waals surface area contributed by atoms with Gasteiger partial charge in [-0.1, -0.05) is 386 Å². The van der Waals surface area contributed by atoms with E-state index in [0.717, 1.165) is 44.9 Å². The molecular formula is C89H171NO18. The quantitative estimate of drug-likeness (QED) is 0.0199. The third-order valence-electron chi connectivity index (χ3n) is 23.3. The lowest BCUT2D eigenvalue weighted by Gasteiger charge is -2.48. The number of hydrogen-bond acceptors (Lipinski definition) is 18. The van der Waals surface area contributed by atoms with Crippen LogP contribution in [0.2, 0.25) is 0 Å². The molecule has 0 spiro atoms. The zero-order valence-corrected chi connectivity index (χ0v) is 69.1. The normalized spacial score (nSPS) is 25.4. The van der Waals surface area contributed by atoms with Crippen LogP contribution >= 0.6 is 0 Å². The summed E-state index contributed by atoms with van der Waals surface area (Å²) in [5.41, 5.74) is 0. The van der Waals surface area contributed by atoms with Crippen molar-refractivity contribution in [3.63, 3.8) is 0 Å². The van der Waals surface area contributed by atoms with Crippen LogP contribution in [0.1, 0.15) is 418 Å². The molecule has 0 aliphatic carbocycles. The molecule has 0 aromatic carbocycles. The Bertz CT molecular complexity index is 1990. The first-order valence-corrected chi connectivity index (χ1v) is 45.9. The number of amides is 1. The zero-order chi connectivity index (χ0) is 78.1. The molecule has 3 saturated heterocycles. The Balaban J connectivity index is 1.31. The Morgan fingerprint density at radius 1 is 0.324 bits per heavy atom. The fraction of sp³-hybridized carbons (Fsp3) is 0.966. The van der Waals surface area contributed by atoms with E-state index in [1.54, 1.807) is 0 Å². The van der Waals surface area contributed by atoms with Crippen molar-refractivity contribution >= 4 is 5.91 Å². The highest BCUT2D eigenvalue weighted by Gasteiger charge is 2.54. The minimum Gasteiger partial charge on any atom is -0.394 e. The third kappa shape index (κ3) is 48.2. The Morgan fingerprint density at radius 3 is 0.898 bits per heavy atom. The molecule has 3 rings (SSSR count). The van der Waals surface area contributed by atoms with E-state index in [1.165, 1.54) is 340 Å². The molecule has 17 atom stereocenters. The predicted octanol–water partition coefficient (Wildman–Crippen LogP) is 17.5. The van der Waals surface area contributed by atoms with Crippen molar-refractivity contribution in [1.29, 1.82) is 0 Å². The van der Waals surface area contributed by atoms with Crippen LogP contribution in [0.15, 0.2) is 12.2 Å². The number of carbonyl (C=O) groups excluding carboxylic acids is 1. The highest BCUT2D eigenvalue weighted by molar-refractivity contribution is 5.76. The molecule has 3 heterocycles. The number of aliphatic hydroxyl groups is 11. The van der Waals surface area contributed by atoms with Crippen LogP contribution in [0.5, 0.6) is 0 Å². The van der Waals surface area contributed by atoms with E-state index in [0.29, 0.717) is 12.8 Å². The molecule has 12 N–H and O–H groups in total. The van der Waals surface area contributed by atoms with Crippen LogP contribution in [-0.4, -0.2) is 193 Å². The highest BCUT2D eigenvalue weighted by atomic mass is 16.8. The SMILES string of the molecule is CCCCCCCCCC/C=C\CCCCCCCCCCCCCCCCCCCCCCCC(=O)NC(COC1OC(CO)C(OC2OC(CO)C(OC3OC(CO)C(O)C(O)C3O)C(O)C2O)C(O)C1O)C(O)CCCCCCCCCCCCCCCCCCCCCCCCCCCCCCCC. The average molecular weight is 1540 g/mol. The lowest BCUT2D eigenvalue weighted by molar-refractivity contribution is -0.379. The summed E-state index contributed by atoms with van der Waals surface area (Å²) in [5, 5.41) is 121. The van der Waals surface area contributed by atoms with E-state index in [9.17, 15) is 61.0 Å². The zero-order valence-electron chi connectivity index (χ0n) is 69.1. The molecule has 0 bridgehead atoms. The van der Waals surface area contributed by atoms with Gasteiger partial charge in [0.05, 0.1) is 38.6 Å². The van der Waals surface area contributed by atoms with Crippen LogP contribution in [0.25, 0.3) is 0 Å². The molecule has 0 aromatic heterocycles. The first-order valence-electron chi connectivity index (χ1n) is 45.9. The van der Waals surface area contributed by atoms with Crippen LogP contribution in [0.3, 0.4) is 0 Å². The van der Waals surface area contributed by atoms with Crippen molar-refractivity contribution in [2.45, 2.75) is 523 Å². The van der Waals surface area contributed by atoms with Crippen molar-refractivity contribution in [2.24, 2.45) is 0 Å². The van der Waals surface area contributed by atoms with E-state index in [4.69, 9.17) is 28.4 Å². The van der Waals surface area contributed by atoms with Crippen molar-refractivity contribution < 1.29 is 89.4 Å². The minimum absolute atomic E-state index is 0.232. The summed E-state index contributed by atoms with van der Waals surface area (Å²) in [6.45, 7) is 1.88. The van der Waals surface area contributed by atoms with Gasteiger partial charge in [0, 0.05) is 6.42 Å².